The maximum absolute atomic E-state index is 11.1. The first-order valence-electron chi connectivity index (χ1n) is 5.95. The second-order valence-electron chi connectivity index (χ2n) is 3.63. The van der Waals surface area contributed by atoms with E-state index in [1.165, 1.54) is 6.08 Å². The highest BCUT2D eigenvalue weighted by Gasteiger charge is 1.94. The van der Waals surface area contributed by atoms with E-state index in [0.717, 1.165) is 24.2 Å². The number of ether oxygens (including phenoxy) is 1. The van der Waals surface area contributed by atoms with Crippen molar-refractivity contribution in [1.29, 1.82) is 0 Å². The number of anilines is 1. The molecule has 0 aromatic heterocycles. The molecule has 0 aliphatic heterocycles. The van der Waals surface area contributed by atoms with E-state index in [2.05, 4.69) is 12.2 Å². The van der Waals surface area contributed by atoms with Gasteiger partial charge in [-0.25, -0.2) is 4.79 Å². The Bertz CT molecular complexity index is 368. The molecule has 0 radical (unpaired) electrons. The fourth-order valence-electron chi connectivity index (χ4n) is 1.34. The van der Waals surface area contributed by atoms with Crippen LogP contribution in [0.3, 0.4) is 0 Å². The van der Waals surface area contributed by atoms with Crippen molar-refractivity contribution < 1.29 is 9.53 Å². The average molecular weight is 233 g/mol. The van der Waals surface area contributed by atoms with Crippen molar-refractivity contribution in [2.24, 2.45) is 0 Å². The minimum Gasteiger partial charge on any atom is -0.463 e. The van der Waals surface area contributed by atoms with Gasteiger partial charge in [0.2, 0.25) is 0 Å². The number of benzene rings is 1. The molecule has 0 spiro atoms. The Morgan fingerprint density at radius 1 is 1.29 bits per heavy atom. The summed E-state index contributed by atoms with van der Waals surface area (Å²) in [5.74, 6) is -0.305. The van der Waals surface area contributed by atoms with Gasteiger partial charge in [0, 0.05) is 18.3 Å². The summed E-state index contributed by atoms with van der Waals surface area (Å²) in [6.45, 7) is 5.30. The maximum Gasteiger partial charge on any atom is 0.330 e. The highest BCUT2D eigenvalue weighted by molar-refractivity contribution is 5.87. The third kappa shape index (κ3) is 5.20. The third-order valence-corrected chi connectivity index (χ3v) is 2.19. The number of hydrogen-bond acceptors (Lipinski definition) is 3. The summed E-state index contributed by atoms with van der Waals surface area (Å²) in [5, 5.41) is 3.29. The molecule has 0 saturated carbocycles. The molecule has 3 heteroatoms. The standard InChI is InChI=1S/C14H19NO2/c1-3-11-15-13-8-5-12(6-9-13)7-10-14(16)17-4-2/h5-10,15H,3-4,11H2,1-2H3. The van der Waals surface area contributed by atoms with Crippen LogP contribution in [0.5, 0.6) is 0 Å². The summed E-state index contributed by atoms with van der Waals surface area (Å²) in [6, 6.07) is 7.93. The quantitative estimate of drug-likeness (QED) is 0.606. The molecule has 92 valence electrons. The molecule has 3 nitrogen and oxygen atoms in total. The van der Waals surface area contributed by atoms with Crippen molar-refractivity contribution in [3.8, 4) is 0 Å². The summed E-state index contributed by atoms with van der Waals surface area (Å²) < 4.78 is 4.80. The predicted molar refractivity (Wildman–Crippen MR) is 70.9 cm³/mol. The lowest BCUT2D eigenvalue weighted by Gasteiger charge is -2.04. The summed E-state index contributed by atoms with van der Waals surface area (Å²) in [5.41, 5.74) is 2.08. The Balaban J connectivity index is 2.53. The second kappa shape index (κ2) is 7.49. The van der Waals surface area contributed by atoms with E-state index in [0.29, 0.717) is 6.61 Å². The van der Waals surface area contributed by atoms with E-state index in [-0.39, 0.29) is 5.97 Å². The molecule has 1 aromatic rings. The Labute approximate surface area is 102 Å². The van der Waals surface area contributed by atoms with Gasteiger partial charge >= 0.3 is 5.97 Å². The van der Waals surface area contributed by atoms with Gasteiger partial charge in [-0.05, 0) is 37.1 Å². The van der Waals surface area contributed by atoms with Crippen molar-refractivity contribution in [3.05, 3.63) is 35.9 Å². The molecular weight excluding hydrogens is 214 g/mol. The van der Waals surface area contributed by atoms with Crippen LogP contribution in [0.25, 0.3) is 6.08 Å². The largest absolute Gasteiger partial charge is 0.463 e. The van der Waals surface area contributed by atoms with Gasteiger partial charge in [-0.1, -0.05) is 19.1 Å². The molecular formula is C14H19NO2. The molecule has 0 aliphatic rings. The van der Waals surface area contributed by atoms with Crippen LogP contribution in [-0.4, -0.2) is 19.1 Å². The lowest BCUT2D eigenvalue weighted by Crippen LogP contribution is -1.99. The zero-order valence-electron chi connectivity index (χ0n) is 10.4. The van der Waals surface area contributed by atoms with Crippen LogP contribution >= 0.6 is 0 Å². The first-order chi connectivity index (χ1) is 8.26. The van der Waals surface area contributed by atoms with Gasteiger partial charge in [0.1, 0.15) is 0 Å². The Hall–Kier alpha value is -1.77. The number of esters is 1. The number of hydrogen-bond donors (Lipinski definition) is 1. The van der Waals surface area contributed by atoms with Gasteiger partial charge in [0.15, 0.2) is 0 Å². The Kier molecular flexibility index (Phi) is 5.86. The van der Waals surface area contributed by atoms with E-state index in [1.54, 1.807) is 13.0 Å². The molecule has 0 unspecified atom stereocenters. The molecule has 1 rings (SSSR count). The highest BCUT2D eigenvalue weighted by Crippen LogP contribution is 2.10. The van der Waals surface area contributed by atoms with Crippen LogP contribution in [0.4, 0.5) is 5.69 Å². The molecule has 1 aromatic carbocycles. The van der Waals surface area contributed by atoms with Crippen LogP contribution in [0.15, 0.2) is 30.3 Å². The van der Waals surface area contributed by atoms with Gasteiger partial charge < -0.3 is 10.1 Å². The smallest absolute Gasteiger partial charge is 0.330 e. The second-order valence-corrected chi connectivity index (χ2v) is 3.63. The summed E-state index contributed by atoms with van der Waals surface area (Å²) in [6.07, 6.45) is 4.30. The van der Waals surface area contributed by atoms with Gasteiger partial charge in [0.05, 0.1) is 6.61 Å². The molecule has 0 saturated heterocycles. The molecule has 0 atom stereocenters. The number of rotatable bonds is 6. The zero-order chi connectivity index (χ0) is 12.5. The molecule has 17 heavy (non-hydrogen) atoms. The fraction of sp³-hybridized carbons (Fsp3) is 0.357. The van der Waals surface area contributed by atoms with Crippen LogP contribution in [-0.2, 0) is 9.53 Å². The van der Waals surface area contributed by atoms with E-state index in [1.807, 2.05) is 24.3 Å². The van der Waals surface area contributed by atoms with E-state index in [4.69, 9.17) is 4.74 Å². The topological polar surface area (TPSA) is 38.3 Å². The third-order valence-electron chi connectivity index (χ3n) is 2.19. The zero-order valence-corrected chi connectivity index (χ0v) is 10.4. The number of nitrogens with one attached hydrogen (secondary N) is 1. The van der Waals surface area contributed by atoms with Crippen molar-refractivity contribution >= 4 is 17.7 Å². The minimum absolute atomic E-state index is 0.305. The van der Waals surface area contributed by atoms with Gasteiger partial charge in [-0.15, -0.1) is 0 Å². The van der Waals surface area contributed by atoms with Crippen molar-refractivity contribution in [2.75, 3.05) is 18.5 Å². The summed E-state index contributed by atoms with van der Waals surface area (Å²) >= 11 is 0. The Morgan fingerprint density at radius 3 is 2.59 bits per heavy atom. The van der Waals surface area contributed by atoms with Crippen LogP contribution in [0, 0.1) is 0 Å². The highest BCUT2D eigenvalue weighted by atomic mass is 16.5. The number of carbonyl (C=O) groups excluding carboxylic acids is 1. The number of carbonyl (C=O) groups is 1. The summed E-state index contributed by atoms with van der Waals surface area (Å²) in [4.78, 5) is 11.1. The predicted octanol–water partition coefficient (Wildman–Crippen LogP) is 3.08. The van der Waals surface area contributed by atoms with Crippen molar-refractivity contribution in [1.82, 2.24) is 0 Å². The van der Waals surface area contributed by atoms with E-state index < -0.39 is 0 Å². The first kappa shape index (κ1) is 13.3. The first-order valence-corrected chi connectivity index (χ1v) is 5.95. The lowest BCUT2D eigenvalue weighted by molar-refractivity contribution is -0.137. The monoisotopic (exact) mass is 233 g/mol. The van der Waals surface area contributed by atoms with Crippen molar-refractivity contribution in [3.63, 3.8) is 0 Å². The van der Waals surface area contributed by atoms with Crippen molar-refractivity contribution in [2.45, 2.75) is 20.3 Å². The van der Waals surface area contributed by atoms with Crippen LogP contribution in [0.2, 0.25) is 0 Å². The molecule has 0 fully saturated rings. The Morgan fingerprint density at radius 2 is 2.00 bits per heavy atom. The van der Waals surface area contributed by atoms with Gasteiger partial charge in [-0.3, -0.25) is 0 Å². The lowest BCUT2D eigenvalue weighted by atomic mass is 10.2. The molecule has 0 amide bonds. The van der Waals surface area contributed by atoms with Gasteiger partial charge in [0.25, 0.3) is 0 Å². The molecule has 0 heterocycles. The molecule has 0 bridgehead atoms. The SMILES string of the molecule is CCCNc1ccc(C=CC(=O)OCC)cc1. The van der Waals surface area contributed by atoms with Gasteiger partial charge in [-0.2, -0.15) is 0 Å². The molecule has 0 aliphatic carbocycles. The van der Waals surface area contributed by atoms with E-state index in [9.17, 15) is 4.79 Å². The molecule has 1 N–H and O–H groups in total. The van der Waals surface area contributed by atoms with Crippen LogP contribution in [0.1, 0.15) is 25.8 Å². The normalized spacial score (nSPS) is 10.5. The summed E-state index contributed by atoms with van der Waals surface area (Å²) in [7, 11) is 0. The van der Waals surface area contributed by atoms with E-state index >= 15 is 0 Å². The average Bonchev–Trinajstić information content (AvgIpc) is 2.35. The maximum atomic E-state index is 11.1. The fourth-order valence-corrected chi connectivity index (χ4v) is 1.34. The van der Waals surface area contributed by atoms with Crippen LogP contribution < -0.4 is 5.32 Å². The minimum atomic E-state index is -0.305.